The van der Waals surface area contributed by atoms with Crippen molar-refractivity contribution >= 4 is 34.6 Å². The lowest BCUT2D eigenvalue weighted by molar-refractivity contribution is 0.699. The van der Waals surface area contributed by atoms with E-state index in [0.29, 0.717) is 16.1 Å². The van der Waals surface area contributed by atoms with Crippen molar-refractivity contribution in [1.29, 1.82) is 0 Å². The second-order valence-corrected chi connectivity index (χ2v) is 4.44. The number of benzene rings is 1. The zero-order valence-electron chi connectivity index (χ0n) is 8.14. The highest BCUT2D eigenvalue weighted by Crippen LogP contribution is 2.37. The van der Waals surface area contributed by atoms with Gasteiger partial charge in [0.2, 0.25) is 0 Å². The Morgan fingerprint density at radius 3 is 2.71 bits per heavy atom. The van der Waals surface area contributed by atoms with Gasteiger partial charge in [-0.2, -0.15) is 0 Å². The SMILES string of the molecule is CC1CNc2cc(Cl)c(Cl)cc2N1C. The molecule has 76 valence electrons. The number of likely N-dealkylation sites (N-methyl/N-ethyl adjacent to an activating group) is 1. The molecule has 0 amide bonds. The molecule has 4 heteroatoms. The van der Waals surface area contributed by atoms with Crippen LogP contribution >= 0.6 is 23.2 Å². The molecule has 0 bridgehead atoms. The van der Waals surface area contributed by atoms with Crippen LogP contribution in [0.3, 0.4) is 0 Å². The zero-order chi connectivity index (χ0) is 10.3. The van der Waals surface area contributed by atoms with Gasteiger partial charge >= 0.3 is 0 Å². The molecule has 2 nitrogen and oxygen atoms in total. The number of anilines is 2. The summed E-state index contributed by atoms with van der Waals surface area (Å²) in [7, 11) is 2.06. The molecule has 1 aromatic carbocycles. The van der Waals surface area contributed by atoms with Crippen LogP contribution in [0, 0.1) is 0 Å². The first-order chi connectivity index (χ1) is 6.59. The summed E-state index contributed by atoms with van der Waals surface area (Å²) in [6.07, 6.45) is 0. The van der Waals surface area contributed by atoms with Crippen molar-refractivity contribution in [3.8, 4) is 0 Å². The summed E-state index contributed by atoms with van der Waals surface area (Å²) in [5.41, 5.74) is 2.16. The fraction of sp³-hybridized carbons (Fsp3) is 0.400. The molecule has 0 saturated carbocycles. The number of fused-ring (bicyclic) bond motifs is 1. The second-order valence-electron chi connectivity index (χ2n) is 3.62. The van der Waals surface area contributed by atoms with E-state index in [1.165, 1.54) is 0 Å². The standard InChI is InChI=1S/C10H12Cl2N2/c1-6-5-13-9-3-7(11)8(12)4-10(9)14(6)2/h3-4,6,13H,5H2,1-2H3. The molecule has 0 aromatic heterocycles. The predicted octanol–water partition coefficient (Wildman–Crippen LogP) is 3.24. The molecule has 0 aliphatic carbocycles. The first kappa shape index (κ1) is 9.94. The summed E-state index contributed by atoms with van der Waals surface area (Å²) >= 11 is 11.9. The third kappa shape index (κ3) is 1.53. The summed E-state index contributed by atoms with van der Waals surface area (Å²) in [6, 6.07) is 4.25. The second kappa shape index (κ2) is 3.52. The van der Waals surface area contributed by atoms with Crippen molar-refractivity contribution in [2.75, 3.05) is 23.8 Å². The van der Waals surface area contributed by atoms with E-state index in [-0.39, 0.29) is 0 Å². The number of nitrogens with zero attached hydrogens (tertiary/aromatic N) is 1. The summed E-state index contributed by atoms with van der Waals surface area (Å²) in [5.74, 6) is 0. The summed E-state index contributed by atoms with van der Waals surface area (Å²) in [4.78, 5) is 2.20. The van der Waals surface area contributed by atoms with Gasteiger partial charge in [-0.25, -0.2) is 0 Å². The van der Waals surface area contributed by atoms with Gasteiger partial charge in [0.05, 0.1) is 21.4 Å². The Balaban J connectivity index is 2.50. The minimum atomic E-state index is 0.472. The van der Waals surface area contributed by atoms with Crippen LogP contribution in [0.4, 0.5) is 11.4 Å². The van der Waals surface area contributed by atoms with Crippen molar-refractivity contribution in [3.05, 3.63) is 22.2 Å². The Labute approximate surface area is 93.8 Å². The minimum Gasteiger partial charge on any atom is -0.381 e. The van der Waals surface area contributed by atoms with Crippen molar-refractivity contribution in [1.82, 2.24) is 0 Å². The maximum absolute atomic E-state index is 5.97. The van der Waals surface area contributed by atoms with Gasteiger partial charge in [0, 0.05) is 19.6 Å². The fourth-order valence-corrected chi connectivity index (χ4v) is 1.92. The molecule has 1 N–H and O–H groups in total. The molecule has 1 unspecified atom stereocenters. The molecule has 14 heavy (non-hydrogen) atoms. The van der Waals surface area contributed by atoms with Crippen LogP contribution in [0.1, 0.15) is 6.92 Å². The Kier molecular flexibility index (Phi) is 2.50. The molecule has 1 aromatic rings. The monoisotopic (exact) mass is 230 g/mol. The molecule has 2 rings (SSSR count). The van der Waals surface area contributed by atoms with Crippen LogP contribution in [0.2, 0.25) is 10.0 Å². The molecular formula is C10H12Cl2N2. The number of nitrogens with one attached hydrogen (secondary N) is 1. The Morgan fingerprint density at radius 1 is 1.36 bits per heavy atom. The molecular weight excluding hydrogens is 219 g/mol. The molecule has 1 aliphatic heterocycles. The summed E-state index contributed by atoms with van der Waals surface area (Å²) in [5, 5.41) is 4.53. The highest BCUT2D eigenvalue weighted by Gasteiger charge is 2.20. The van der Waals surface area contributed by atoms with E-state index in [2.05, 4.69) is 24.2 Å². The molecule has 0 saturated heterocycles. The van der Waals surface area contributed by atoms with Gasteiger partial charge in [0.25, 0.3) is 0 Å². The number of hydrogen-bond donors (Lipinski definition) is 1. The third-order valence-corrected chi connectivity index (χ3v) is 3.39. The average Bonchev–Trinajstić information content (AvgIpc) is 2.15. The highest BCUT2D eigenvalue weighted by molar-refractivity contribution is 6.42. The van der Waals surface area contributed by atoms with E-state index in [0.717, 1.165) is 17.9 Å². The van der Waals surface area contributed by atoms with Gasteiger partial charge in [0.1, 0.15) is 0 Å². The van der Waals surface area contributed by atoms with Gasteiger partial charge in [-0.15, -0.1) is 0 Å². The van der Waals surface area contributed by atoms with Crippen LogP contribution in [-0.2, 0) is 0 Å². The largest absolute Gasteiger partial charge is 0.381 e. The van der Waals surface area contributed by atoms with Crippen molar-refractivity contribution < 1.29 is 0 Å². The lowest BCUT2D eigenvalue weighted by Crippen LogP contribution is -2.39. The van der Waals surface area contributed by atoms with Gasteiger partial charge < -0.3 is 10.2 Å². The van der Waals surface area contributed by atoms with E-state index in [4.69, 9.17) is 23.2 Å². The van der Waals surface area contributed by atoms with Crippen LogP contribution in [0.25, 0.3) is 0 Å². The first-order valence-corrected chi connectivity index (χ1v) is 5.31. The van der Waals surface area contributed by atoms with Gasteiger partial charge in [-0.3, -0.25) is 0 Å². The normalized spacial score (nSPS) is 20.3. The molecule has 0 radical (unpaired) electrons. The number of hydrogen-bond acceptors (Lipinski definition) is 2. The first-order valence-electron chi connectivity index (χ1n) is 4.55. The molecule has 1 atom stereocenters. The third-order valence-electron chi connectivity index (χ3n) is 2.67. The van der Waals surface area contributed by atoms with Crippen LogP contribution in [-0.4, -0.2) is 19.6 Å². The quantitative estimate of drug-likeness (QED) is 0.737. The van der Waals surface area contributed by atoms with E-state index in [9.17, 15) is 0 Å². The Bertz CT molecular complexity index is 365. The predicted molar refractivity (Wildman–Crippen MR) is 62.8 cm³/mol. The number of halogens is 2. The van der Waals surface area contributed by atoms with Crippen LogP contribution in [0.15, 0.2) is 12.1 Å². The lowest BCUT2D eigenvalue weighted by Gasteiger charge is -2.34. The zero-order valence-corrected chi connectivity index (χ0v) is 9.65. The van der Waals surface area contributed by atoms with Crippen LogP contribution < -0.4 is 10.2 Å². The summed E-state index contributed by atoms with van der Waals surface area (Å²) in [6.45, 7) is 3.10. The Hall–Kier alpha value is -0.600. The van der Waals surface area contributed by atoms with E-state index in [1.807, 2.05) is 12.1 Å². The van der Waals surface area contributed by atoms with Gasteiger partial charge in [-0.05, 0) is 19.1 Å². The Morgan fingerprint density at radius 2 is 2.00 bits per heavy atom. The maximum Gasteiger partial charge on any atom is 0.0618 e. The van der Waals surface area contributed by atoms with Crippen molar-refractivity contribution in [2.45, 2.75) is 13.0 Å². The minimum absolute atomic E-state index is 0.472. The molecule has 0 fully saturated rings. The van der Waals surface area contributed by atoms with Gasteiger partial charge in [0.15, 0.2) is 0 Å². The maximum atomic E-state index is 5.97. The fourth-order valence-electron chi connectivity index (χ4n) is 1.60. The molecule has 0 spiro atoms. The highest BCUT2D eigenvalue weighted by atomic mass is 35.5. The molecule has 1 heterocycles. The molecule has 1 aliphatic rings. The van der Waals surface area contributed by atoms with E-state index in [1.54, 1.807) is 0 Å². The summed E-state index contributed by atoms with van der Waals surface area (Å²) < 4.78 is 0. The van der Waals surface area contributed by atoms with Crippen molar-refractivity contribution in [2.24, 2.45) is 0 Å². The smallest absolute Gasteiger partial charge is 0.0618 e. The number of rotatable bonds is 0. The van der Waals surface area contributed by atoms with E-state index >= 15 is 0 Å². The lowest BCUT2D eigenvalue weighted by atomic mass is 10.1. The van der Waals surface area contributed by atoms with Gasteiger partial charge in [-0.1, -0.05) is 23.2 Å². The van der Waals surface area contributed by atoms with E-state index < -0.39 is 0 Å². The van der Waals surface area contributed by atoms with Crippen LogP contribution in [0.5, 0.6) is 0 Å². The topological polar surface area (TPSA) is 15.3 Å². The average molecular weight is 231 g/mol. The van der Waals surface area contributed by atoms with Crippen molar-refractivity contribution in [3.63, 3.8) is 0 Å².